The summed E-state index contributed by atoms with van der Waals surface area (Å²) in [5, 5.41) is 6.48. The molecule has 0 fully saturated rings. The fourth-order valence-electron chi connectivity index (χ4n) is 1.46. The Labute approximate surface area is 138 Å². The zero-order valence-electron chi connectivity index (χ0n) is 12.9. The van der Waals surface area contributed by atoms with Crippen LogP contribution in [0.3, 0.4) is 0 Å². The molecule has 1 aromatic rings. The van der Waals surface area contributed by atoms with E-state index >= 15 is 0 Å². The zero-order chi connectivity index (χ0) is 14.3. The van der Waals surface area contributed by atoms with Crippen LogP contribution in [0.4, 0.5) is 0 Å². The maximum Gasteiger partial charge on any atom is 0.191 e. The van der Waals surface area contributed by atoms with E-state index in [1.54, 1.807) is 20.4 Å². The van der Waals surface area contributed by atoms with Crippen molar-refractivity contribution >= 4 is 29.9 Å². The lowest BCUT2D eigenvalue weighted by Gasteiger charge is -2.24. The number of aliphatic imine (C=N–C) groups is 1. The molecule has 0 amide bonds. The number of pyridine rings is 1. The number of aromatic nitrogens is 1. The maximum absolute atomic E-state index is 5.36. The third-order valence-corrected chi connectivity index (χ3v) is 3.00. The smallest absolute Gasteiger partial charge is 0.191 e. The number of aryl methyl sites for hydroxylation is 1. The lowest BCUT2D eigenvalue weighted by Crippen LogP contribution is -2.45. The number of methoxy groups -OCH3 is 1. The van der Waals surface area contributed by atoms with Crippen molar-refractivity contribution in [3.63, 3.8) is 0 Å². The van der Waals surface area contributed by atoms with Gasteiger partial charge in [-0.15, -0.1) is 24.0 Å². The number of nitrogens with one attached hydrogen (secondary N) is 2. The molecule has 0 radical (unpaired) electrons. The molecule has 6 heteroatoms. The summed E-state index contributed by atoms with van der Waals surface area (Å²) < 4.78 is 5.36. The summed E-state index contributed by atoms with van der Waals surface area (Å²) in [7, 11) is 3.45. The molecule has 0 aliphatic rings. The highest BCUT2D eigenvalue weighted by molar-refractivity contribution is 14.0. The molecule has 5 nitrogen and oxygen atoms in total. The van der Waals surface area contributed by atoms with Gasteiger partial charge in [0.1, 0.15) is 0 Å². The second-order valence-corrected chi connectivity index (χ2v) is 5.01. The van der Waals surface area contributed by atoms with Crippen LogP contribution < -0.4 is 10.6 Å². The van der Waals surface area contributed by atoms with Gasteiger partial charge in [-0.05, 0) is 32.4 Å². The van der Waals surface area contributed by atoms with E-state index in [1.807, 2.05) is 32.9 Å². The lowest BCUT2D eigenvalue weighted by molar-refractivity contribution is 0.0268. The van der Waals surface area contributed by atoms with Crippen molar-refractivity contribution in [2.45, 2.75) is 32.9 Å². The molecular weight excluding hydrogens is 367 g/mol. The van der Waals surface area contributed by atoms with Gasteiger partial charge in [0.15, 0.2) is 5.96 Å². The minimum Gasteiger partial charge on any atom is -0.377 e. The van der Waals surface area contributed by atoms with Crippen LogP contribution in [-0.4, -0.2) is 37.2 Å². The summed E-state index contributed by atoms with van der Waals surface area (Å²) in [6, 6.07) is 3.99. The van der Waals surface area contributed by atoms with Crippen LogP contribution >= 0.6 is 24.0 Å². The molecule has 0 unspecified atom stereocenters. The van der Waals surface area contributed by atoms with Crippen LogP contribution in [0.25, 0.3) is 0 Å². The van der Waals surface area contributed by atoms with Crippen molar-refractivity contribution in [1.82, 2.24) is 15.6 Å². The van der Waals surface area contributed by atoms with E-state index in [-0.39, 0.29) is 29.6 Å². The monoisotopic (exact) mass is 392 g/mol. The summed E-state index contributed by atoms with van der Waals surface area (Å²) in [4.78, 5) is 8.52. The Balaban J connectivity index is 0.00000361. The highest BCUT2D eigenvalue weighted by Gasteiger charge is 2.16. The fourth-order valence-corrected chi connectivity index (χ4v) is 1.46. The molecule has 0 spiro atoms. The molecule has 0 aromatic carbocycles. The second kappa shape index (κ2) is 9.12. The highest BCUT2D eigenvalue weighted by atomic mass is 127. The summed E-state index contributed by atoms with van der Waals surface area (Å²) in [6.07, 6.45) is 1.80. The number of hydrogen-bond donors (Lipinski definition) is 2. The molecule has 0 saturated heterocycles. The SMILES string of the molecule is CN=C(NCc1ncccc1C)NCC(C)(C)OC.I. The van der Waals surface area contributed by atoms with Crippen LogP contribution in [0.15, 0.2) is 23.3 Å². The minimum absolute atomic E-state index is 0. The van der Waals surface area contributed by atoms with Crippen LogP contribution in [0, 0.1) is 6.92 Å². The van der Waals surface area contributed by atoms with Crippen molar-refractivity contribution in [2.24, 2.45) is 4.99 Å². The quantitative estimate of drug-likeness (QED) is 0.458. The van der Waals surface area contributed by atoms with Gasteiger partial charge in [0, 0.05) is 26.9 Å². The van der Waals surface area contributed by atoms with E-state index in [9.17, 15) is 0 Å². The number of halogens is 1. The average Bonchev–Trinajstić information content (AvgIpc) is 2.41. The molecule has 0 aliphatic carbocycles. The van der Waals surface area contributed by atoms with E-state index in [1.165, 1.54) is 5.56 Å². The van der Waals surface area contributed by atoms with Crippen molar-refractivity contribution in [2.75, 3.05) is 20.7 Å². The Bertz CT molecular complexity index is 435. The minimum atomic E-state index is -0.224. The van der Waals surface area contributed by atoms with Crippen molar-refractivity contribution in [3.05, 3.63) is 29.6 Å². The van der Waals surface area contributed by atoms with Crippen LogP contribution in [-0.2, 0) is 11.3 Å². The first-order valence-electron chi connectivity index (χ1n) is 6.38. The maximum atomic E-state index is 5.36. The first-order chi connectivity index (χ1) is 8.98. The largest absolute Gasteiger partial charge is 0.377 e. The topological polar surface area (TPSA) is 58.5 Å². The molecule has 1 aromatic heterocycles. The van der Waals surface area contributed by atoms with Crippen LogP contribution in [0.2, 0.25) is 0 Å². The molecule has 0 aliphatic heterocycles. The van der Waals surface area contributed by atoms with E-state index in [0.29, 0.717) is 13.1 Å². The molecule has 20 heavy (non-hydrogen) atoms. The Morgan fingerprint density at radius 3 is 2.65 bits per heavy atom. The molecule has 114 valence electrons. The average molecular weight is 392 g/mol. The van der Waals surface area contributed by atoms with Crippen molar-refractivity contribution < 1.29 is 4.74 Å². The number of ether oxygens (including phenoxy) is 1. The Kier molecular flexibility index (Phi) is 8.71. The first kappa shape index (κ1) is 19.1. The molecule has 0 saturated carbocycles. The van der Waals surface area contributed by atoms with Gasteiger partial charge in [-0.2, -0.15) is 0 Å². The molecule has 0 atom stereocenters. The summed E-state index contributed by atoms with van der Waals surface area (Å²) in [5.41, 5.74) is 1.97. The third kappa shape index (κ3) is 6.51. The van der Waals surface area contributed by atoms with Crippen molar-refractivity contribution in [3.8, 4) is 0 Å². The summed E-state index contributed by atoms with van der Waals surface area (Å²) in [5.74, 6) is 0.746. The zero-order valence-corrected chi connectivity index (χ0v) is 15.2. The van der Waals surface area contributed by atoms with Gasteiger partial charge >= 0.3 is 0 Å². The fraction of sp³-hybridized carbons (Fsp3) is 0.571. The first-order valence-corrected chi connectivity index (χ1v) is 6.38. The van der Waals surface area contributed by atoms with Crippen molar-refractivity contribution in [1.29, 1.82) is 0 Å². The molecule has 1 rings (SSSR count). The van der Waals surface area contributed by atoms with Crippen LogP contribution in [0.5, 0.6) is 0 Å². The van der Waals surface area contributed by atoms with Gasteiger partial charge in [-0.3, -0.25) is 9.98 Å². The summed E-state index contributed by atoms with van der Waals surface area (Å²) >= 11 is 0. The number of hydrogen-bond acceptors (Lipinski definition) is 3. The van der Waals surface area contributed by atoms with E-state index < -0.39 is 0 Å². The number of rotatable bonds is 5. The molecule has 2 N–H and O–H groups in total. The van der Waals surface area contributed by atoms with Gasteiger partial charge in [0.05, 0.1) is 17.8 Å². The molecule has 0 bridgehead atoms. The number of nitrogens with zero attached hydrogens (tertiary/aromatic N) is 2. The predicted octanol–water partition coefficient (Wildman–Crippen LogP) is 2.10. The van der Waals surface area contributed by atoms with Gasteiger partial charge in [-0.25, -0.2) is 0 Å². The van der Waals surface area contributed by atoms with Gasteiger partial charge < -0.3 is 15.4 Å². The van der Waals surface area contributed by atoms with Gasteiger partial charge in [0.25, 0.3) is 0 Å². The van der Waals surface area contributed by atoms with Crippen LogP contribution in [0.1, 0.15) is 25.1 Å². The van der Waals surface area contributed by atoms with E-state index in [4.69, 9.17) is 4.74 Å². The summed E-state index contributed by atoms with van der Waals surface area (Å²) in [6.45, 7) is 7.44. The Morgan fingerprint density at radius 1 is 1.40 bits per heavy atom. The van der Waals surface area contributed by atoms with Gasteiger partial charge in [-0.1, -0.05) is 6.07 Å². The highest BCUT2D eigenvalue weighted by Crippen LogP contribution is 2.05. The predicted molar refractivity (Wildman–Crippen MR) is 93.7 cm³/mol. The van der Waals surface area contributed by atoms with E-state index in [0.717, 1.165) is 11.7 Å². The number of guanidine groups is 1. The van der Waals surface area contributed by atoms with Gasteiger partial charge in [0.2, 0.25) is 0 Å². The molecular formula is C14H25IN4O. The molecule has 1 heterocycles. The second-order valence-electron chi connectivity index (χ2n) is 5.01. The lowest BCUT2D eigenvalue weighted by atomic mass is 10.1. The van der Waals surface area contributed by atoms with E-state index in [2.05, 4.69) is 20.6 Å². The standard InChI is InChI=1S/C14H24N4O.HI/c1-11-7-6-8-16-12(11)9-17-13(15-4)18-10-14(2,3)19-5;/h6-8H,9-10H2,1-5H3,(H2,15,17,18);1H. The Hall–Kier alpha value is -0.890. The third-order valence-electron chi connectivity index (χ3n) is 3.00. The Morgan fingerprint density at radius 2 is 2.10 bits per heavy atom. The normalized spacial score (nSPS) is 11.8.